The number of likely N-dealkylation sites (N-methyl/N-ethyl adjacent to an activating group) is 1. The van der Waals surface area contributed by atoms with Crippen molar-refractivity contribution in [3.8, 4) is 0 Å². The lowest BCUT2D eigenvalue weighted by molar-refractivity contribution is 0.162. The summed E-state index contributed by atoms with van der Waals surface area (Å²) < 4.78 is 0. The summed E-state index contributed by atoms with van der Waals surface area (Å²) in [6.07, 6.45) is 3.64. The van der Waals surface area contributed by atoms with Crippen molar-refractivity contribution in [2.24, 2.45) is 11.5 Å². The lowest BCUT2D eigenvalue weighted by atomic mass is 10.3. The van der Waals surface area contributed by atoms with Gasteiger partial charge in [-0.2, -0.15) is 0 Å². The summed E-state index contributed by atoms with van der Waals surface area (Å²) >= 11 is 0. The summed E-state index contributed by atoms with van der Waals surface area (Å²) in [6, 6.07) is 0. The molecule has 0 atom stereocenters. The van der Waals surface area contributed by atoms with Crippen molar-refractivity contribution in [2.75, 3.05) is 131 Å². The van der Waals surface area contributed by atoms with E-state index in [1.165, 1.54) is 38.9 Å². The van der Waals surface area contributed by atoms with E-state index in [9.17, 15) is 0 Å². The van der Waals surface area contributed by atoms with E-state index in [2.05, 4.69) is 63.4 Å². The molecule has 0 aliphatic carbocycles. The van der Waals surface area contributed by atoms with Crippen molar-refractivity contribution < 1.29 is 0 Å². The van der Waals surface area contributed by atoms with Crippen molar-refractivity contribution in [3.63, 3.8) is 0 Å². The number of hydrogen-bond donors (Lipinski definition) is 5. The van der Waals surface area contributed by atoms with Gasteiger partial charge in [0.05, 0.1) is 0 Å². The highest BCUT2D eigenvalue weighted by atomic mass is 15.2. The van der Waals surface area contributed by atoms with Crippen LogP contribution < -0.4 is 27.4 Å². The normalized spacial score (nSPS) is 12.2. The van der Waals surface area contributed by atoms with Crippen LogP contribution in [0.15, 0.2) is 0 Å². The van der Waals surface area contributed by atoms with Gasteiger partial charge in [0.1, 0.15) is 0 Å². The van der Waals surface area contributed by atoms with Gasteiger partial charge in [0.25, 0.3) is 0 Å². The Balaban J connectivity index is 4.85. The van der Waals surface area contributed by atoms with Gasteiger partial charge in [-0.25, -0.2) is 0 Å². The average Bonchev–Trinajstić information content (AvgIpc) is 2.86. The summed E-state index contributed by atoms with van der Waals surface area (Å²) in [5, 5.41) is 10.3. The molecular weight excluding hydrogens is 438 g/mol. The Labute approximate surface area is 218 Å². The first-order chi connectivity index (χ1) is 17.1. The van der Waals surface area contributed by atoms with Gasteiger partial charge in [-0.3, -0.25) is 14.7 Å². The molecule has 0 aromatic heterocycles. The van der Waals surface area contributed by atoms with Crippen LogP contribution in [0.5, 0.6) is 0 Å². The van der Waals surface area contributed by atoms with Crippen molar-refractivity contribution in [1.29, 1.82) is 0 Å². The number of nitrogens with zero attached hydrogens (tertiary/aromatic N) is 4. The second-order valence-electron chi connectivity index (χ2n) is 9.55. The van der Waals surface area contributed by atoms with Gasteiger partial charge in [-0.15, -0.1) is 0 Å². The zero-order valence-corrected chi connectivity index (χ0v) is 24.0. The summed E-state index contributed by atoms with van der Waals surface area (Å²) in [7, 11) is 2.05. The molecule has 212 valence electrons. The van der Waals surface area contributed by atoms with Gasteiger partial charge >= 0.3 is 0 Å². The van der Waals surface area contributed by atoms with Crippen LogP contribution >= 0.6 is 0 Å². The molecule has 0 heterocycles. The lowest BCUT2D eigenvalue weighted by Gasteiger charge is -2.31. The van der Waals surface area contributed by atoms with Crippen LogP contribution in [0, 0.1) is 0 Å². The quantitative estimate of drug-likeness (QED) is 0.0928. The Kier molecular flexibility index (Phi) is 26.4. The van der Waals surface area contributed by atoms with E-state index >= 15 is 0 Å². The zero-order valence-electron chi connectivity index (χ0n) is 24.0. The Bertz CT molecular complexity index is 408. The molecule has 9 heteroatoms. The first-order valence-corrected chi connectivity index (χ1v) is 14.5. The van der Waals surface area contributed by atoms with E-state index in [0.29, 0.717) is 6.54 Å². The molecule has 0 aromatic rings. The monoisotopic (exact) mass is 502 g/mol. The van der Waals surface area contributed by atoms with Crippen LogP contribution in [0.4, 0.5) is 0 Å². The minimum atomic E-state index is 0.693. The molecule has 0 saturated heterocycles. The molecule has 9 nitrogen and oxygen atoms in total. The van der Waals surface area contributed by atoms with Crippen LogP contribution in [0.3, 0.4) is 0 Å². The predicted molar refractivity (Wildman–Crippen MR) is 154 cm³/mol. The Morgan fingerprint density at radius 3 is 1.26 bits per heavy atom. The minimum Gasteiger partial charge on any atom is -0.329 e. The van der Waals surface area contributed by atoms with E-state index < -0.39 is 0 Å². The molecule has 0 radical (unpaired) electrons. The maximum atomic E-state index is 5.91. The van der Waals surface area contributed by atoms with E-state index in [1.54, 1.807) is 0 Å². The molecule has 7 N–H and O–H groups in total. The van der Waals surface area contributed by atoms with Crippen LogP contribution in [-0.2, 0) is 0 Å². The fourth-order valence-electron chi connectivity index (χ4n) is 4.28. The van der Waals surface area contributed by atoms with Crippen LogP contribution in [-0.4, -0.2) is 151 Å². The van der Waals surface area contributed by atoms with Gasteiger partial charge in [-0.1, -0.05) is 20.8 Å². The molecule has 35 heavy (non-hydrogen) atoms. The average molecular weight is 502 g/mol. The zero-order chi connectivity index (χ0) is 26.0. The molecular formula is C26H63N9. The fraction of sp³-hybridized carbons (Fsp3) is 1.00. The molecule has 0 aromatic carbocycles. The largest absolute Gasteiger partial charge is 0.329 e. The highest BCUT2D eigenvalue weighted by Gasteiger charge is 2.13. The molecule has 0 saturated carbocycles. The highest BCUT2D eigenvalue weighted by molar-refractivity contribution is 4.71. The number of nitrogens with one attached hydrogen (secondary N) is 3. The summed E-state index contributed by atoms with van der Waals surface area (Å²) in [6.45, 7) is 26.5. The molecule has 0 fully saturated rings. The first-order valence-electron chi connectivity index (χ1n) is 14.5. The van der Waals surface area contributed by atoms with E-state index in [0.717, 1.165) is 98.2 Å². The smallest absolute Gasteiger partial charge is 0.0110 e. The Morgan fingerprint density at radius 1 is 0.429 bits per heavy atom. The third-order valence-electron chi connectivity index (χ3n) is 6.36. The molecule has 0 amide bonds. The van der Waals surface area contributed by atoms with Gasteiger partial charge < -0.3 is 32.3 Å². The molecule has 0 aliphatic rings. The van der Waals surface area contributed by atoms with Crippen molar-refractivity contribution in [3.05, 3.63) is 0 Å². The van der Waals surface area contributed by atoms with Gasteiger partial charge in [0, 0.05) is 105 Å². The summed E-state index contributed by atoms with van der Waals surface area (Å²) in [5.74, 6) is 0. The number of hydrogen-bond acceptors (Lipinski definition) is 9. The maximum absolute atomic E-state index is 5.91. The molecule has 0 spiro atoms. The lowest BCUT2D eigenvalue weighted by Crippen LogP contribution is -2.46. The van der Waals surface area contributed by atoms with Crippen LogP contribution in [0.25, 0.3) is 0 Å². The second kappa shape index (κ2) is 26.7. The topological polar surface area (TPSA) is 101 Å². The van der Waals surface area contributed by atoms with Crippen LogP contribution in [0.2, 0.25) is 0 Å². The molecule has 0 aliphatic heterocycles. The standard InChI is InChI=1S/C26H63N9/c1-5-10-30-13-19-33(17-9-28)22-24-35(20-14-31-11-8-27)26-25-34(18-12-29-4)23-21-32(15-6-2)16-7-3/h29-31H,5-28H2,1-4H3. The molecule has 0 rings (SSSR count). The summed E-state index contributed by atoms with van der Waals surface area (Å²) in [5.41, 5.74) is 11.6. The van der Waals surface area contributed by atoms with Gasteiger partial charge in [0.15, 0.2) is 0 Å². The Hall–Kier alpha value is -0.360. The van der Waals surface area contributed by atoms with E-state index in [4.69, 9.17) is 11.5 Å². The number of rotatable bonds is 28. The van der Waals surface area contributed by atoms with Crippen molar-refractivity contribution in [2.45, 2.75) is 40.0 Å². The fourth-order valence-corrected chi connectivity index (χ4v) is 4.28. The molecule has 0 unspecified atom stereocenters. The number of nitrogens with two attached hydrogens (primary N) is 2. The highest BCUT2D eigenvalue weighted by Crippen LogP contribution is 1.99. The SMILES string of the molecule is CCCNCCN(CCN)CCN(CCNCCN)CCN(CCNC)CCN(CCC)CCC. The van der Waals surface area contributed by atoms with Crippen molar-refractivity contribution in [1.82, 2.24) is 35.6 Å². The first kappa shape index (κ1) is 34.6. The van der Waals surface area contributed by atoms with Crippen molar-refractivity contribution >= 4 is 0 Å². The van der Waals surface area contributed by atoms with Gasteiger partial charge in [-0.05, 0) is 45.9 Å². The molecule has 0 bridgehead atoms. The summed E-state index contributed by atoms with van der Waals surface area (Å²) in [4.78, 5) is 10.4. The Morgan fingerprint density at radius 2 is 0.857 bits per heavy atom. The van der Waals surface area contributed by atoms with E-state index in [-0.39, 0.29) is 0 Å². The maximum Gasteiger partial charge on any atom is 0.0110 e. The van der Waals surface area contributed by atoms with E-state index in [1.807, 2.05) is 0 Å². The van der Waals surface area contributed by atoms with Gasteiger partial charge in [0.2, 0.25) is 0 Å². The predicted octanol–water partition coefficient (Wildman–Crippen LogP) is -0.260. The third kappa shape index (κ3) is 21.4. The minimum absolute atomic E-state index is 0.693. The third-order valence-corrected chi connectivity index (χ3v) is 6.36. The van der Waals surface area contributed by atoms with Crippen LogP contribution in [0.1, 0.15) is 40.0 Å². The second-order valence-corrected chi connectivity index (χ2v) is 9.55.